The van der Waals surface area contributed by atoms with Crippen molar-refractivity contribution >= 4 is 17.4 Å². The Morgan fingerprint density at radius 1 is 1.08 bits per heavy atom. The smallest absolute Gasteiger partial charge is 0.305 e. The van der Waals surface area contributed by atoms with E-state index in [1.165, 1.54) is 29.3 Å². The van der Waals surface area contributed by atoms with E-state index in [1.54, 1.807) is 17.4 Å². The first kappa shape index (κ1) is 16.9. The van der Waals surface area contributed by atoms with Crippen LogP contribution in [0.15, 0.2) is 59.7 Å². The number of hydrogen-bond donors (Lipinski definition) is 1. The van der Waals surface area contributed by atoms with Gasteiger partial charge in [-0.25, -0.2) is 4.39 Å². The van der Waals surface area contributed by atoms with Crippen molar-refractivity contribution in [2.24, 2.45) is 5.10 Å². The van der Waals surface area contributed by atoms with Gasteiger partial charge in [0.2, 0.25) is 0 Å². The number of nitrogens with one attached hydrogen (secondary N) is 1. The summed E-state index contributed by atoms with van der Waals surface area (Å²) in [7, 11) is 0. The molecule has 8 heteroatoms. The predicted molar refractivity (Wildman–Crippen MR) is 84.3 cm³/mol. The quantitative estimate of drug-likeness (QED) is 0.837. The molecule has 4 nitrogen and oxygen atoms in total. The van der Waals surface area contributed by atoms with E-state index in [4.69, 9.17) is 0 Å². The third kappa shape index (κ3) is 3.78. The van der Waals surface area contributed by atoms with E-state index in [0.717, 1.165) is 5.56 Å². The number of carbonyl (C=O) groups excluding carboxylic acids is 1. The molecule has 2 aromatic carbocycles. The van der Waals surface area contributed by atoms with Crippen LogP contribution in [-0.4, -0.2) is 17.9 Å². The Labute approximate surface area is 140 Å². The fraction of sp³-hybridized carbons (Fsp3) is 0.176. The van der Waals surface area contributed by atoms with Gasteiger partial charge in [0.15, 0.2) is 0 Å². The van der Waals surface area contributed by atoms with Crippen LogP contribution in [0.5, 0.6) is 0 Å². The molecule has 1 amide bonds. The van der Waals surface area contributed by atoms with Gasteiger partial charge in [-0.1, -0.05) is 30.3 Å². The molecule has 0 aromatic heterocycles. The molecule has 0 aliphatic carbocycles. The molecular weight excluding hydrogens is 338 g/mol. The average Bonchev–Trinajstić information content (AvgIpc) is 2.99. The van der Waals surface area contributed by atoms with Gasteiger partial charge in [-0.15, -0.1) is 0 Å². The van der Waals surface area contributed by atoms with Crippen molar-refractivity contribution in [2.75, 3.05) is 5.01 Å². The fourth-order valence-corrected chi connectivity index (χ4v) is 2.55. The molecule has 1 heterocycles. The number of hydrazone groups is 1. The maximum atomic E-state index is 13.1. The number of rotatable bonds is 2. The summed E-state index contributed by atoms with van der Waals surface area (Å²) in [4.78, 5) is 11.2. The van der Waals surface area contributed by atoms with Crippen LogP contribution in [-0.2, 0) is 4.79 Å². The van der Waals surface area contributed by atoms with Crippen molar-refractivity contribution < 1.29 is 22.4 Å². The minimum Gasteiger partial charge on any atom is -0.305 e. The average molecular weight is 351 g/mol. The maximum Gasteiger partial charge on any atom is 0.471 e. The molecule has 0 bridgehead atoms. The molecule has 1 aliphatic heterocycles. The molecule has 1 aliphatic rings. The number of hydrogen-bond acceptors (Lipinski definition) is 3. The van der Waals surface area contributed by atoms with Crippen LogP contribution in [0, 0.1) is 5.82 Å². The van der Waals surface area contributed by atoms with Crippen molar-refractivity contribution in [3.8, 4) is 0 Å². The van der Waals surface area contributed by atoms with Crippen LogP contribution < -0.4 is 10.3 Å². The number of carbonyl (C=O) groups is 1. The van der Waals surface area contributed by atoms with Crippen molar-refractivity contribution in [2.45, 2.75) is 18.6 Å². The van der Waals surface area contributed by atoms with E-state index >= 15 is 0 Å². The lowest BCUT2D eigenvalue weighted by Gasteiger charge is -2.23. The number of amidine groups is 1. The molecule has 0 radical (unpaired) electrons. The molecule has 25 heavy (non-hydrogen) atoms. The Bertz CT molecular complexity index is 788. The van der Waals surface area contributed by atoms with E-state index in [9.17, 15) is 22.4 Å². The summed E-state index contributed by atoms with van der Waals surface area (Å²) in [6.07, 6.45) is -4.91. The van der Waals surface area contributed by atoms with Gasteiger partial charge in [0, 0.05) is 6.42 Å². The highest BCUT2D eigenvalue weighted by molar-refractivity contribution is 6.02. The lowest BCUT2D eigenvalue weighted by atomic mass is 10.0. The standard InChI is InChI=1S/C17H13F4N3O/c18-12-6-8-13(9-7-12)24-14(11-4-2-1-3-5-11)10-15(23-24)22-16(25)17(19,20)21/h1-9,14H,10H2,(H,22,23,25). The molecular formula is C17H13F4N3O. The number of anilines is 1. The minimum atomic E-state index is -4.99. The summed E-state index contributed by atoms with van der Waals surface area (Å²) < 4.78 is 50.5. The van der Waals surface area contributed by atoms with Crippen LogP contribution in [0.4, 0.5) is 23.2 Å². The number of alkyl halides is 3. The fourth-order valence-electron chi connectivity index (χ4n) is 2.55. The molecule has 2 aromatic rings. The van der Waals surface area contributed by atoms with Gasteiger partial charge in [0.25, 0.3) is 0 Å². The third-order valence-corrected chi connectivity index (χ3v) is 3.70. The van der Waals surface area contributed by atoms with Crippen molar-refractivity contribution in [1.29, 1.82) is 0 Å². The highest BCUT2D eigenvalue weighted by Crippen LogP contribution is 2.34. The largest absolute Gasteiger partial charge is 0.471 e. The molecule has 1 unspecified atom stereocenters. The first-order chi connectivity index (χ1) is 11.8. The highest BCUT2D eigenvalue weighted by Gasteiger charge is 2.41. The minimum absolute atomic E-state index is 0.0865. The zero-order chi connectivity index (χ0) is 18.0. The summed E-state index contributed by atoms with van der Waals surface area (Å²) in [6.45, 7) is 0. The van der Waals surface area contributed by atoms with Gasteiger partial charge < -0.3 is 5.32 Å². The van der Waals surface area contributed by atoms with Gasteiger partial charge >= 0.3 is 12.1 Å². The molecule has 3 rings (SSSR count). The predicted octanol–water partition coefficient (Wildman–Crippen LogP) is 3.77. The summed E-state index contributed by atoms with van der Waals surface area (Å²) in [5.74, 6) is -2.60. The van der Waals surface area contributed by atoms with Gasteiger partial charge in [-0.05, 0) is 29.8 Å². The molecule has 130 valence electrons. The second-order valence-corrected chi connectivity index (χ2v) is 5.45. The first-order valence-corrected chi connectivity index (χ1v) is 7.40. The lowest BCUT2D eigenvalue weighted by molar-refractivity contribution is -0.171. The molecule has 0 saturated heterocycles. The van der Waals surface area contributed by atoms with Crippen LogP contribution in [0.3, 0.4) is 0 Å². The number of halogens is 4. The molecule has 0 fully saturated rings. The van der Waals surface area contributed by atoms with Crippen LogP contribution in [0.1, 0.15) is 18.0 Å². The Hall–Kier alpha value is -2.90. The maximum absolute atomic E-state index is 13.1. The second-order valence-electron chi connectivity index (χ2n) is 5.45. The Kier molecular flexibility index (Phi) is 4.43. The zero-order valence-corrected chi connectivity index (χ0v) is 12.8. The topological polar surface area (TPSA) is 44.7 Å². The van der Waals surface area contributed by atoms with Gasteiger partial charge in [-0.3, -0.25) is 9.80 Å². The summed E-state index contributed by atoms with van der Waals surface area (Å²) in [5.41, 5.74) is 1.32. The first-order valence-electron chi connectivity index (χ1n) is 7.40. The third-order valence-electron chi connectivity index (χ3n) is 3.70. The van der Waals surface area contributed by atoms with E-state index < -0.39 is 23.9 Å². The zero-order valence-electron chi connectivity index (χ0n) is 12.8. The summed E-state index contributed by atoms with van der Waals surface area (Å²) in [5, 5.41) is 7.37. The van der Waals surface area contributed by atoms with E-state index in [-0.39, 0.29) is 12.3 Å². The van der Waals surface area contributed by atoms with E-state index in [0.29, 0.717) is 5.69 Å². The van der Waals surface area contributed by atoms with Crippen molar-refractivity contribution in [1.82, 2.24) is 5.32 Å². The Morgan fingerprint density at radius 3 is 2.32 bits per heavy atom. The number of benzene rings is 2. The normalized spacial score (nSPS) is 17.4. The van der Waals surface area contributed by atoms with E-state index in [1.807, 2.05) is 18.2 Å². The summed E-state index contributed by atoms with van der Waals surface area (Å²) >= 11 is 0. The number of amides is 1. The van der Waals surface area contributed by atoms with Gasteiger partial charge in [-0.2, -0.15) is 18.3 Å². The van der Waals surface area contributed by atoms with Crippen LogP contribution in [0.2, 0.25) is 0 Å². The van der Waals surface area contributed by atoms with Crippen LogP contribution >= 0.6 is 0 Å². The van der Waals surface area contributed by atoms with Gasteiger partial charge in [0.05, 0.1) is 11.7 Å². The monoisotopic (exact) mass is 351 g/mol. The molecule has 1 N–H and O–H groups in total. The molecule has 1 atom stereocenters. The number of nitrogens with zero attached hydrogens (tertiary/aromatic N) is 2. The Morgan fingerprint density at radius 2 is 1.72 bits per heavy atom. The lowest BCUT2D eigenvalue weighted by Crippen LogP contribution is -2.40. The van der Waals surface area contributed by atoms with Crippen molar-refractivity contribution in [3.63, 3.8) is 0 Å². The Balaban J connectivity index is 1.91. The SMILES string of the molecule is O=C(NC1=NN(c2ccc(F)cc2)C(c2ccccc2)C1)C(F)(F)F. The van der Waals surface area contributed by atoms with E-state index in [2.05, 4.69) is 5.10 Å². The van der Waals surface area contributed by atoms with Crippen molar-refractivity contribution in [3.05, 3.63) is 66.0 Å². The van der Waals surface area contributed by atoms with Crippen LogP contribution in [0.25, 0.3) is 0 Å². The molecule has 0 saturated carbocycles. The molecule has 0 spiro atoms. The highest BCUT2D eigenvalue weighted by atomic mass is 19.4. The van der Waals surface area contributed by atoms with Gasteiger partial charge in [0.1, 0.15) is 11.7 Å². The summed E-state index contributed by atoms with van der Waals surface area (Å²) in [6, 6.07) is 14.0. The second kappa shape index (κ2) is 6.54.